The molecule has 0 radical (unpaired) electrons. The highest BCUT2D eigenvalue weighted by atomic mass is 16.3. The van der Waals surface area contributed by atoms with Crippen molar-refractivity contribution in [3.63, 3.8) is 0 Å². The van der Waals surface area contributed by atoms with E-state index < -0.39 is 0 Å². The van der Waals surface area contributed by atoms with Crippen LogP contribution in [0.25, 0.3) is 110 Å². The maximum absolute atomic E-state index is 10.1. The number of aromatic nitrogens is 2. The van der Waals surface area contributed by atoms with Crippen LogP contribution in [0.5, 0.6) is 0 Å². The van der Waals surface area contributed by atoms with Gasteiger partial charge in [-0.05, 0) is 78.4 Å². The molecule has 0 spiro atoms. The first kappa shape index (κ1) is 29.1. The van der Waals surface area contributed by atoms with E-state index in [-0.39, 0.29) is 0 Å². The summed E-state index contributed by atoms with van der Waals surface area (Å²) in [6.07, 6.45) is 0. The average molecular weight is 690 g/mol. The number of rotatable bonds is 3. The summed E-state index contributed by atoms with van der Waals surface area (Å²) in [5, 5.41) is 19.2. The fraction of sp³-hybridized carbons (Fsp3) is 0. The van der Waals surface area contributed by atoms with Gasteiger partial charge in [0.2, 0.25) is 0 Å². The second kappa shape index (κ2) is 10.7. The fourth-order valence-corrected chi connectivity index (χ4v) is 8.91. The van der Waals surface area contributed by atoms with Gasteiger partial charge in [-0.2, -0.15) is 5.26 Å². The Balaban J connectivity index is 1.08. The van der Waals surface area contributed by atoms with Crippen LogP contribution < -0.4 is 0 Å². The summed E-state index contributed by atoms with van der Waals surface area (Å²) in [4.78, 5) is 0. The van der Waals surface area contributed by atoms with E-state index in [2.05, 4.69) is 143 Å². The van der Waals surface area contributed by atoms with Gasteiger partial charge in [-0.1, -0.05) is 91.0 Å². The second-order valence-electron chi connectivity index (χ2n) is 14.0. The minimum atomic E-state index is 0.606. The zero-order valence-corrected chi connectivity index (χ0v) is 28.7. The quantitative estimate of drug-likeness (QED) is 0.185. The lowest BCUT2D eigenvalue weighted by Gasteiger charge is -2.15. The lowest BCUT2D eigenvalue weighted by molar-refractivity contribution is 0.669. The molecule has 0 aliphatic rings. The summed E-state index contributed by atoms with van der Waals surface area (Å²) < 4.78 is 17.3. The van der Waals surface area contributed by atoms with Crippen LogP contribution in [0, 0.1) is 11.3 Å². The lowest BCUT2D eigenvalue weighted by atomic mass is 10.0. The minimum Gasteiger partial charge on any atom is -0.456 e. The van der Waals surface area contributed by atoms with Crippen molar-refractivity contribution in [3.05, 3.63) is 169 Å². The first-order chi connectivity index (χ1) is 26.7. The van der Waals surface area contributed by atoms with Crippen LogP contribution in [0.1, 0.15) is 5.56 Å². The van der Waals surface area contributed by atoms with Gasteiger partial charge in [-0.25, -0.2) is 0 Å². The second-order valence-corrected chi connectivity index (χ2v) is 14.0. The first-order valence-electron chi connectivity index (χ1n) is 18.1. The van der Waals surface area contributed by atoms with E-state index in [1.54, 1.807) is 0 Å². The molecular weight excluding hydrogens is 663 g/mol. The molecule has 0 fully saturated rings. The Bertz CT molecular complexity index is 3570. The van der Waals surface area contributed by atoms with E-state index in [0.717, 1.165) is 99.2 Å². The van der Waals surface area contributed by atoms with Crippen molar-refractivity contribution in [2.24, 2.45) is 0 Å². The number of furan rings is 2. The van der Waals surface area contributed by atoms with Crippen LogP contribution in [0.15, 0.2) is 173 Å². The first-order valence-corrected chi connectivity index (χ1v) is 18.1. The van der Waals surface area contributed by atoms with Gasteiger partial charge in [0.15, 0.2) is 0 Å². The molecule has 0 aliphatic carbocycles. The Morgan fingerprint density at radius 1 is 0.407 bits per heavy atom. The van der Waals surface area contributed by atoms with E-state index in [9.17, 15) is 5.26 Å². The van der Waals surface area contributed by atoms with Crippen LogP contribution in [-0.4, -0.2) is 9.13 Å². The zero-order valence-electron chi connectivity index (χ0n) is 28.7. The standard InChI is InChI=1S/C49H27N3O2/c50-28-29-17-22-32(41(27-29)52-38-14-6-2-10-34(38)47-40(52)24-26-45-49(47)36-12-4-8-16-43(36)54-45)30-18-20-31(21-19-30)51-37-13-5-1-9-33(37)46-39(51)23-25-44-48(46)35-11-3-7-15-42(35)53-44/h1-27H. The average Bonchev–Trinajstić information content (AvgIpc) is 3.98. The molecule has 8 aromatic carbocycles. The van der Waals surface area contributed by atoms with Crippen molar-refractivity contribution in [2.45, 2.75) is 0 Å². The highest BCUT2D eigenvalue weighted by Gasteiger charge is 2.22. The highest BCUT2D eigenvalue weighted by Crippen LogP contribution is 2.44. The maximum Gasteiger partial charge on any atom is 0.136 e. The minimum absolute atomic E-state index is 0.606. The van der Waals surface area contributed by atoms with E-state index in [1.165, 1.54) is 10.8 Å². The number of benzene rings is 8. The molecule has 5 nitrogen and oxygen atoms in total. The predicted molar refractivity (Wildman–Crippen MR) is 220 cm³/mol. The van der Waals surface area contributed by atoms with E-state index in [4.69, 9.17) is 8.83 Å². The topological polar surface area (TPSA) is 59.9 Å². The molecule has 0 N–H and O–H groups in total. The molecule has 0 bridgehead atoms. The number of fused-ring (bicyclic) bond motifs is 14. The van der Waals surface area contributed by atoms with Gasteiger partial charge in [0.1, 0.15) is 22.3 Å². The zero-order chi connectivity index (χ0) is 35.5. The van der Waals surface area contributed by atoms with Crippen LogP contribution in [0.2, 0.25) is 0 Å². The largest absolute Gasteiger partial charge is 0.456 e. The van der Waals surface area contributed by atoms with Crippen LogP contribution in [0.4, 0.5) is 0 Å². The molecule has 0 amide bonds. The fourth-order valence-electron chi connectivity index (χ4n) is 8.91. The summed E-state index contributed by atoms with van der Waals surface area (Å²) >= 11 is 0. The molecule has 4 aromatic heterocycles. The molecule has 0 saturated carbocycles. The monoisotopic (exact) mass is 689 g/mol. The van der Waals surface area contributed by atoms with Crippen molar-refractivity contribution in [3.8, 4) is 28.6 Å². The SMILES string of the molecule is N#Cc1ccc(-c2ccc(-n3c4ccccc4c4c5c(ccc43)oc3ccccc35)cc2)c(-n2c3ccccc3c3c4c(ccc32)oc2ccccc24)c1. The van der Waals surface area contributed by atoms with Crippen molar-refractivity contribution in [2.75, 3.05) is 0 Å². The Morgan fingerprint density at radius 3 is 1.52 bits per heavy atom. The molecule has 4 heterocycles. The molecule has 0 unspecified atom stereocenters. The van der Waals surface area contributed by atoms with Gasteiger partial charge in [-0.15, -0.1) is 0 Å². The third-order valence-electron chi connectivity index (χ3n) is 11.2. The van der Waals surface area contributed by atoms with E-state index >= 15 is 0 Å². The predicted octanol–water partition coefficient (Wildman–Crippen LogP) is 13.2. The number of nitriles is 1. The molecule has 0 atom stereocenters. The van der Waals surface area contributed by atoms with Crippen molar-refractivity contribution >= 4 is 87.5 Å². The summed E-state index contributed by atoms with van der Waals surface area (Å²) in [6, 6.07) is 59.3. The van der Waals surface area contributed by atoms with Gasteiger partial charge in [0.25, 0.3) is 0 Å². The van der Waals surface area contributed by atoms with Crippen molar-refractivity contribution in [1.82, 2.24) is 9.13 Å². The van der Waals surface area contributed by atoms with Gasteiger partial charge < -0.3 is 18.0 Å². The molecule has 54 heavy (non-hydrogen) atoms. The number of hydrogen-bond donors (Lipinski definition) is 0. The Labute approximate surface area is 307 Å². The number of para-hydroxylation sites is 4. The normalized spacial score (nSPS) is 12.1. The Morgan fingerprint density at radius 2 is 0.926 bits per heavy atom. The Hall–Kier alpha value is -7.55. The van der Waals surface area contributed by atoms with Crippen molar-refractivity contribution < 1.29 is 8.83 Å². The summed E-state index contributed by atoms with van der Waals surface area (Å²) in [5.74, 6) is 0. The summed E-state index contributed by atoms with van der Waals surface area (Å²) in [5.41, 5.74) is 12.6. The van der Waals surface area contributed by atoms with Crippen LogP contribution in [-0.2, 0) is 0 Å². The maximum atomic E-state index is 10.1. The molecule has 12 aromatic rings. The number of hydrogen-bond acceptors (Lipinski definition) is 3. The van der Waals surface area contributed by atoms with Gasteiger partial charge in [0.05, 0.1) is 39.4 Å². The van der Waals surface area contributed by atoms with Gasteiger partial charge >= 0.3 is 0 Å². The molecule has 0 aliphatic heterocycles. The smallest absolute Gasteiger partial charge is 0.136 e. The molecule has 12 rings (SSSR count). The Kier molecular flexibility index (Phi) is 5.78. The van der Waals surface area contributed by atoms with Crippen LogP contribution in [0.3, 0.4) is 0 Å². The van der Waals surface area contributed by atoms with Gasteiger partial charge in [-0.3, -0.25) is 0 Å². The van der Waals surface area contributed by atoms with E-state index in [1.807, 2.05) is 36.4 Å². The highest BCUT2D eigenvalue weighted by molar-refractivity contribution is 6.28. The van der Waals surface area contributed by atoms with Gasteiger partial charge in [0, 0.05) is 54.3 Å². The third-order valence-corrected chi connectivity index (χ3v) is 11.2. The third kappa shape index (κ3) is 3.86. The summed E-state index contributed by atoms with van der Waals surface area (Å²) in [7, 11) is 0. The van der Waals surface area contributed by atoms with Crippen molar-refractivity contribution in [1.29, 1.82) is 5.26 Å². The number of nitrogens with zero attached hydrogens (tertiary/aromatic N) is 3. The lowest BCUT2D eigenvalue weighted by Crippen LogP contribution is -1.99. The molecular formula is C49H27N3O2. The van der Waals surface area contributed by atoms with E-state index in [0.29, 0.717) is 5.56 Å². The molecule has 0 saturated heterocycles. The summed E-state index contributed by atoms with van der Waals surface area (Å²) in [6.45, 7) is 0. The molecule has 5 heteroatoms. The molecule has 250 valence electrons. The van der Waals surface area contributed by atoms with Crippen LogP contribution >= 0.6 is 0 Å².